The van der Waals surface area contributed by atoms with Crippen LogP contribution in [-0.4, -0.2) is 17.7 Å². The molecule has 0 spiro atoms. The van der Waals surface area contributed by atoms with Crippen molar-refractivity contribution in [3.8, 4) is 0 Å². The second-order valence-electron chi connectivity index (χ2n) is 6.08. The zero-order valence-corrected chi connectivity index (χ0v) is 13.2. The van der Waals surface area contributed by atoms with Gasteiger partial charge in [-0.05, 0) is 18.3 Å². The third-order valence-corrected chi connectivity index (χ3v) is 4.81. The lowest BCUT2D eigenvalue weighted by Crippen LogP contribution is -2.61. The van der Waals surface area contributed by atoms with Gasteiger partial charge in [-0.15, -0.1) is 0 Å². The monoisotopic (exact) mass is 292 g/mol. The van der Waals surface area contributed by atoms with E-state index in [-0.39, 0.29) is 18.3 Å². The maximum absolute atomic E-state index is 11.9. The van der Waals surface area contributed by atoms with Gasteiger partial charge in [-0.3, -0.25) is 9.59 Å². The largest absolute Gasteiger partial charge is 0.421 e. The summed E-state index contributed by atoms with van der Waals surface area (Å²) >= 11 is 0. The first-order valence-electron chi connectivity index (χ1n) is 7.71. The maximum Gasteiger partial charge on any atom is 0.320 e. The number of hydrogen-bond acceptors (Lipinski definition) is 4. The van der Waals surface area contributed by atoms with Crippen LogP contribution in [0.2, 0.25) is 0 Å². The molecule has 1 heterocycles. The van der Waals surface area contributed by atoms with Crippen molar-refractivity contribution in [1.29, 1.82) is 0 Å². The lowest BCUT2D eigenvalue weighted by atomic mass is 9.59. The lowest BCUT2D eigenvalue weighted by Gasteiger charge is -2.54. The molecule has 1 fully saturated rings. The Balaban J connectivity index is 2.58. The third-order valence-electron chi connectivity index (χ3n) is 4.81. The Hall–Kier alpha value is -1.58. The van der Waals surface area contributed by atoms with Gasteiger partial charge in [0.05, 0.1) is 5.41 Å². The Morgan fingerprint density at radius 2 is 1.81 bits per heavy atom. The third kappa shape index (κ3) is 2.30. The van der Waals surface area contributed by atoms with Gasteiger partial charge in [0.15, 0.2) is 0 Å². The molecule has 0 aromatic heterocycles. The molecule has 0 radical (unpaired) electrons. The van der Waals surface area contributed by atoms with Crippen LogP contribution in [0.5, 0.6) is 0 Å². The van der Waals surface area contributed by atoms with Crippen molar-refractivity contribution in [2.75, 3.05) is 0 Å². The second kappa shape index (κ2) is 5.66. The summed E-state index contributed by atoms with van der Waals surface area (Å²) in [5, 5.41) is 0. The predicted molar refractivity (Wildman–Crippen MR) is 79.2 cm³/mol. The van der Waals surface area contributed by atoms with Crippen molar-refractivity contribution in [2.45, 2.75) is 52.7 Å². The maximum atomic E-state index is 11.9. The minimum absolute atomic E-state index is 0.154. The van der Waals surface area contributed by atoms with Gasteiger partial charge in [0.2, 0.25) is 0 Å². The summed E-state index contributed by atoms with van der Waals surface area (Å²) < 4.78 is 11.3. The summed E-state index contributed by atoms with van der Waals surface area (Å²) in [5.41, 5.74) is -0.531. The molecule has 2 aliphatic rings. The zero-order valence-electron chi connectivity index (χ0n) is 13.2. The van der Waals surface area contributed by atoms with Gasteiger partial charge in [0.1, 0.15) is 6.42 Å². The average molecular weight is 292 g/mol. The van der Waals surface area contributed by atoms with Crippen molar-refractivity contribution >= 4 is 11.9 Å². The molecule has 21 heavy (non-hydrogen) atoms. The highest BCUT2D eigenvalue weighted by atomic mass is 16.7. The fourth-order valence-electron chi connectivity index (χ4n) is 3.85. The molecule has 0 amide bonds. The molecule has 2 atom stereocenters. The lowest BCUT2D eigenvalue weighted by molar-refractivity contribution is -0.293. The summed E-state index contributed by atoms with van der Waals surface area (Å²) in [6, 6.07) is 0. The molecule has 0 aromatic carbocycles. The van der Waals surface area contributed by atoms with E-state index in [1.54, 1.807) is 0 Å². The molecule has 2 unspecified atom stereocenters. The van der Waals surface area contributed by atoms with E-state index in [4.69, 9.17) is 9.47 Å². The Labute approximate surface area is 126 Å². The van der Waals surface area contributed by atoms with Crippen molar-refractivity contribution in [1.82, 2.24) is 0 Å². The highest BCUT2D eigenvalue weighted by Gasteiger charge is 2.61. The fourth-order valence-corrected chi connectivity index (χ4v) is 3.85. The Kier molecular flexibility index (Phi) is 4.26. The van der Waals surface area contributed by atoms with Crippen LogP contribution in [-0.2, 0) is 19.1 Å². The van der Waals surface area contributed by atoms with Crippen LogP contribution >= 0.6 is 0 Å². The van der Waals surface area contributed by atoms with Gasteiger partial charge >= 0.3 is 11.9 Å². The second-order valence-corrected chi connectivity index (χ2v) is 6.08. The summed E-state index contributed by atoms with van der Waals surface area (Å²) in [5.74, 6) is -1.89. The van der Waals surface area contributed by atoms with Gasteiger partial charge in [0, 0.05) is 6.42 Å². The van der Waals surface area contributed by atoms with Crippen molar-refractivity contribution < 1.29 is 19.1 Å². The molecule has 0 N–H and O–H groups in total. The van der Waals surface area contributed by atoms with E-state index in [1.165, 1.54) is 0 Å². The van der Waals surface area contributed by atoms with E-state index in [0.29, 0.717) is 6.42 Å². The van der Waals surface area contributed by atoms with Crippen molar-refractivity contribution in [2.24, 2.45) is 17.3 Å². The topological polar surface area (TPSA) is 52.6 Å². The fraction of sp³-hybridized carbons (Fsp3) is 0.647. The number of carbonyl (C=O) groups is 2. The quantitative estimate of drug-likeness (QED) is 0.589. The summed E-state index contributed by atoms with van der Waals surface area (Å²) in [6.07, 6.45) is 9.17. The molecular weight excluding hydrogens is 268 g/mol. The summed E-state index contributed by atoms with van der Waals surface area (Å²) in [6.45, 7) is 8.16. The van der Waals surface area contributed by atoms with Crippen LogP contribution in [0.15, 0.2) is 24.3 Å². The highest BCUT2D eigenvalue weighted by Crippen LogP contribution is 2.54. The van der Waals surface area contributed by atoms with Crippen molar-refractivity contribution in [3.63, 3.8) is 0 Å². The van der Waals surface area contributed by atoms with E-state index in [0.717, 1.165) is 6.42 Å². The molecular formula is C17H24O4. The van der Waals surface area contributed by atoms with Crippen LogP contribution in [0, 0.1) is 17.3 Å². The highest BCUT2D eigenvalue weighted by molar-refractivity contribution is 5.93. The number of rotatable bonds is 4. The molecule has 0 bridgehead atoms. The minimum Gasteiger partial charge on any atom is -0.421 e. The van der Waals surface area contributed by atoms with Crippen LogP contribution in [0.1, 0.15) is 47.0 Å². The van der Waals surface area contributed by atoms with Gasteiger partial charge in [-0.1, -0.05) is 52.0 Å². The first-order chi connectivity index (χ1) is 9.91. The van der Waals surface area contributed by atoms with Crippen LogP contribution in [0.4, 0.5) is 0 Å². The SMILES string of the molecule is CCC1C=CC=CC1(C(C)C)C1(CC)OC(=O)CC(=O)O1. The standard InChI is InChI=1S/C17H24O4/c1-5-13-9-7-8-10-16(13,12(3)4)17(6-2)20-14(18)11-15(19)21-17/h7-10,12-13H,5-6,11H2,1-4H3. The van der Waals surface area contributed by atoms with E-state index < -0.39 is 23.1 Å². The first-order valence-corrected chi connectivity index (χ1v) is 7.71. The Morgan fingerprint density at radius 3 is 2.29 bits per heavy atom. The van der Waals surface area contributed by atoms with Crippen LogP contribution in [0.25, 0.3) is 0 Å². The number of carbonyl (C=O) groups excluding carboxylic acids is 2. The first kappa shape index (κ1) is 15.8. The van der Waals surface area contributed by atoms with Crippen LogP contribution in [0.3, 0.4) is 0 Å². The number of hydrogen-bond donors (Lipinski definition) is 0. The molecule has 0 saturated carbocycles. The molecule has 4 heteroatoms. The predicted octanol–water partition coefficient (Wildman–Crippen LogP) is 3.38. The molecule has 1 saturated heterocycles. The molecule has 116 valence electrons. The molecule has 1 aliphatic heterocycles. The Morgan fingerprint density at radius 1 is 1.19 bits per heavy atom. The molecule has 1 aliphatic carbocycles. The number of ether oxygens (including phenoxy) is 2. The van der Waals surface area contributed by atoms with Gasteiger partial charge < -0.3 is 9.47 Å². The van der Waals surface area contributed by atoms with E-state index in [1.807, 2.05) is 19.1 Å². The molecule has 0 aromatic rings. The van der Waals surface area contributed by atoms with E-state index in [9.17, 15) is 9.59 Å². The average Bonchev–Trinajstić information content (AvgIpc) is 2.45. The van der Waals surface area contributed by atoms with Crippen molar-refractivity contribution in [3.05, 3.63) is 24.3 Å². The minimum atomic E-state index is -1.21. The number of cyclic esters (lactones) is 2. The van der Waals surface area contributed by atoms with Gasteiger partial charge in [-0.2, -0.15) is 0 Å². The normalized spacial score (nSPS) is 31.2. The molecule has 2 rings (SSSR count). The summed E-state index contributed by atoms with van der Waals surface area (Å²) in [7, 11) is 0. The smallest absolute Gasteiger partial charge is 0.320 e. The Bertz CT molecular complexity index is 473. The zero-order chi connectivity index (χ0) is 15.7. The van der Waals surface area contributed by atoms with E-state index in [2.05, 4.69) is 32.9 Å². The van der Waals surface area contributed by atoms with Gasteiger partial charge in [0.25, 0.3) is 5.79 Å². The number of esters is 2. The molecule has 4 nitrogen and oxygen atoms in total. The van der Waals surface area contributed by atoms with Gasteiger partial charge in [-0.25, -0.2) is 0 Å². The van der Waals surface area contributed by atoms with E-state index >= 15 is 0 Å². The van der Waals surface area contributed by atoms with Crippen LogP contribution < -0.4 is 0 Å². The number of allylic oxidation sites excluding steroid dienone is 3. The summed E-state index contributed by atoms with van der Waals surface area (Å²) in [4.78, 5) is 23.8.